The van der Waals surface area contributed by atoms with E-state index in [0.717, 1.165) is 46.3 Å². The summed E-state index contributed by atoms with van der Waals surface area (Å²) in [5, 5.41) is 4.80. The number of aryl methyl sites for hydroxylation is 3. The van der Waals surface area contributed by atoms with Gasteiger partial charge in [-0.1, -0.05) is 24.6 Å². The smallest absolute Gasteiger partial charge is 0.167 e. The normalized spacial score (nSPS) is 12.1. The van der Waals surface area contributed by atoms with Gasteiger partial charge in [0.25, 0.3) is 0 Å². The molecule has 0 atom stereocenters. The second-order valence-corrected chi connectivity index (χ2v) is 9.65. The summed E-state index contributed by atoms with van der Waals surface area (Å²) in [6, 6.07) is 15.5. The van der Waals surface area contributed by atoms with Crippen LogP contribution in [0.2, 0.25) is 0 Å². The Labute approximate surface area is 212 Å². The number of nitrogens with zero attached hydrogens (tertiary/aromatic N) is 4. The first-order valence-corrected chi connectivity index (χ1v) is 12.6. The fraction of sp³-hybridized carbons (Fsp3) is 0.207. The molecule has 4 N–H and O–H groups in total. The van der Waals surface area contributed by atoms with E-state index in [1.807, 2.05) is 4.57 Å². The van der Waals surface area contributed by atoms with Crippen LogP contribution in [-0.2, 0) is 13.0 Å². The number of aromatic nitrogens is 6. The predicted octanol–water partition coefficient (Wildman–Crippen LogP) is 6.02. The molecule has 0 aliphatic heterocycles. The second-order valence-electron chi connectivity index (χ2n) is 9.65. The summed E-state index contributed by atoms with van der Waals surface area (Å²) < 4.78 is 8.55. The van der Waals surface area contributed by atoms with Gasteiger partial charge in [0.05, 0.1) is 24.0 Å². The number of hydrogen-bond donors (Lipinski definition) is 3. The summed E-state index contributed by atoms with van der Waals surface area (Å²) in [7, 11) is 0. The number of hydrogen-bond acceptors (Lipinski definition) is 5. The molecule has 0 unspecified atom stereocenters. The molecular weight excluding hydrogens is 462 g/mol. The van der Waals surface area contributed by atoms with E-state index in [2.05, 4.69) is 81.2 Å². The van der Waals surface area contributed by atoms with E-state index in [0.29, 0.717) is 24.5 Å². The first-order chi connectivity index (χ1) is 18.1. The number of ether oxygens (including phenoxy) is 1. The minimum absolute atomic E-state index is 0.396. The van der Waals surface area contributed by atoms with E-state index in [1.54, 1.807) is 6.33 Å². The zero-order valence-corrected chi connectivity index (χ0v) is 20.8. The van der Waals surface area contributed by atoms with Crippen LogP contribution in [0.25, 0.3) is 54.8 Å². The van der Waals surface area contributed by atoms with Gasteiger partial charge < -0.3 is 25.0 Å². The Balaban J connectivity index is 1.30. The van der Waals surface area contributed by atoms with Crippen LogP contribution in [-0.4, -0.2) is 36.1 Å². The minimum Gasteiger partial charge on any atom is -0.489 e. The number of rotatable bonds is 6. The summed E-state index contributed by atoms with van der Waals surface area (Å²) in [6.07, 6.45) is 5.02. The Hall–Kier alpha value is -4.59. The van der Waals surface area contributed by atoms with Crippen LogP contribution in [0.5, 0.6) is 5.75 Å². The van der Waals surface area contributed by atoms with Crippen LogP contribution in [0.3, 0.4) is 0 Å². The minimum atomic E-state index is 0.396. The van der Waals surface area contributed by atoms with Crippen LogP contribution in [0, 0.1) is 6.92 Å². The number of nitrogen functional groups attached to an aromatic ring is 1. The molecule has 7 aromatic rings. The van der Waals surface area contributed by atoms with E-state index < -0.39 is 0 Å². The molecule has 37 heavy (non-hydrogen) atoms. The van der Waals surface area contributed by atoms with Crippen molar-refractivity contribution < 1.29 is 4.74 Å². The number of nitrogens with two attached hydrogens (primary N) is 1. The Morgan fingerprint density at radius 3 is 2.43 bits per heavy atom. The summed E-state index contributed by atoms with van der Waals surface area (Å²) in [5.41, 5.74) is 14.1. The van der Waals surface area contributed by atoms with Crippen molar-refractivity contribution in [1.29, 1.82) is 0 Å². The van der Waals surface area contributed by atoms with E-state index in [1.165, 1.54) is 39.0 Å². The zero-order valence-electron chi connectivity index (χ0n) is 20.8. The molecule has 0 saturated carbocycles. The Morgan fingerprint density at radius 1 is 0.892 bits per heavy atom. The number of fused-ring (bicyclic) bond motifs is 7. The van der Waals surface area contributed by atoms with Gasteiger partial charge in [0.15, 0.2) is 17.2 Å². The van der Waals surface area contributed by atoms with Gasteiger partial charge in [0.1, 0.15) is 11.8 Å². The lowest BCUT2D eigenvalue weighted by molar-refractivity contribution is 0.308. The van der Waals surface area contributed by atoms with Gasteiger partial charge in [-0.05, 0) is 55.7 Å². The molecule has 0 amide bonds. The van der Waals surface area contributed by atoms with Crippen molar-refractivity contribution in [3.63, 3.8) is 0 Å². The molecule has 7 rings (SSSR count). The van der Waals surface area contributed by atoms with Crippen LogP contribution < -0.4 is 10.5 Å². The quantitative estimate of drug-likeness (QED) is 0.248. The molecule has 0 bridgehead atoms. The molecule has 3 aromatic carbocycles. The lowest BCUT2D eigenvalue weighted by Crippen LogP contribution is -2.05. The van der Waals surface area contributed by atoms with Crippen molar-refractivity contribution in [1.82, 2.24) is 29.5 Å². The molecule has 0 fully saturated rings. The van der Waals surface area contributed by atoms with Gasteiger partial charge >= 0.3 is 0 Å². The summed E-state index contributed by atoms with van der Waals surface area (Å²) >= 11 is 0. The molecule has 0 spiro atoms. The zero-order chi connectivity index (χ0) is 25.1. The van der Waals surface area contributed by atoms with Gasteiger partial charge in [-0.3, -0.25) is 0 Å². The maximum absolute atomic E-state index is 6.56. The lowest BCUT2D eigenvalue weighted by atomic mass is 10.0. The summed E-state index contributed by atoms with van der Waals surface area (Å²) in [6.45, 7) is 5.57. The van der Waals surface area contributed by atoms with Crippen molar-refractivity contribution in [2.45, 2.75) is 33.2 Å². The summed E-state index contributed by atoms with van der Waals surface area (Å²) in [5.74, 6) is 1.26. The lowest BCUT2D eigenvalue weighted by Gasteiger charge is -2.10. The van der Waals surface area contributed by atoms with Gasteiger partial charge in [0.2, 0.25) is 0 Å². The van der Waals surface area contributed by atoms with Crippen molar-refractivity contribution in [3.05, 3.63) is 66.2 Å². The third-order valence-corrected chi connectivity index (χ3v) is 7.27. The molecule has 184 valence electrons. The average Bonchev–Trinajstić information content (AvgIpc) is 3.60. The number of anilines is 1. The molecule has 0 radical (unpaired) electrons. The fourth-order valence-electron chi connectivity index (χ4n) is 5.35. The monoisotopic (exact) mass is 489 g/mol. The number of aromatic amines is 2. The molecule has 4 aromatic heterocycles. The maximum atomic E-state index is 6.56. The number of nitrogens with one attached hydrogen (secondary N) is 2. The van der Waals surface area contributed by atoms with Gasteiger partial charge in [-0.15, -0.1) is 0 Å². The molecule has 0 aliphatic carbocycles. The molecule has 4 heterocycles. The van der Waals surface area contributed by atoms with Gasteiger partial charge in [0, 0.05) is 39.1 Å². The average molecular weight is 490 g/mol. The van der Waals surface area contributed by atoms with E-state index in [4.69, 9.17) is 10.5 Å². The molecular formula is C29H27N7O. The van der Waals surface area contributed by atoms with Crippen molar-refractivity contribution in [2.24, 2.45) is 0 Å². The van der Waals surface area contributed by atoms with Crippen molar-refractivity contribution in [3.8, 4) is 5.75 Å². The highest BCUT2D eigenvalue weighted by molar-refractivity contribution is 6.20. The van der Waals surface area contributed by atoms with E-state index in [-0.39, 0.29) is 0 Å². The first kappa shape index (κ1) is 21.7. The van der Waals surface area contributed by atoms with Crippen molar-refractivity contribution in [2.75, 3.05) is 12.3 Å². The van der Waals surface area contributed by atoms with Crippen LogP contribution in [0.15, 0.2) is 55.1 Å². The van der Waals surface area contributed by atoms with Crippen molar-refractivity contribution >= 4 is 60.6 Å². The van der Waals surface area contributed by atoms with E-state index in [9.17, 15) is 0 Å². The fourth-order valence-corrected chi connectivity index (χ4v) is 5.35. The highest BCUT2D eigenvalue weighted by atomic mass is 16.5. The molecule has 0 saturated heterocycles. The first-order valence-electron chi connectivity index (χ1n) is 12.6. The predicted molar refractivity (Wildman–Crippen MR) is 149 cm³/mol. The maximum Gasteiger partial charge on any atom is 0.167 e. The highest BCUT2D eigenvalue weighted by Crippen LogP contribution is 2.41. The second kappa shape index (κ2) is 8.23. The van der Waals surface area contributed by atoms with Gasteiger partial charge in [-0.25, -0.2) is 15.0 Å². The van der Waals surface area contributed by atoms with Crippen LogP contribution in [0.1, 0.15) is 24.5 Å². The van der Waals surface area contributed by atoms with Gasteiger partial charge in [-0.2, -0.15) is 0 Å². The Bertz CT molecular complexity index is 1960. The van der Waals surface area contributed by atoms with E-state index >= 15 is 0 Å². The topological polar surface area (TPSA) is 110 Å². The van der Waals surface area contributed by atoms with Crippen LogP contribution >= 0.6 is 0 Å². The number of imidazole rings is 1. The molecule has 8 heteroatoms. The number of H-pyrrole nitrogens is 2. The third-order valence-electron chi connectivity index (χ3n) is 7.27. The standard InChI is InChI=1S/C29H27N7O/c1-3-17-6-8-23-19(12-17)21-13-20-18-11-16(2)5-7-22(18)34-24(20)27(25(21)35-23)37-10-4-9-36-15-33-26-28(30)31-14-32-29(26)36/h5-8,11-15,34-35H,3-4,9-10H2,1-2H3,(H2,30,31,32). The Kier molecular flexibility index (Phi) is 4.82. The third kappa shape index (κ3) is 3.40. The largest absolute Gasteiger partial charge is 0.489 e. The Morgan fingerprint density at radius 2 is 1.65 bits per heavy atom. The molecule has 8 nitrogen and oxygen atoms in total. The summed E-state index contributed by atoms with van der Waals surface area (Å²) in [4.78, 5) is 20.0. The number of benzene rings is 3. The molecule has 0 aliphatic rings. The SMILES string of the molecule is CCc1ccc2[nH]c3c(OCCCn4cnc5c(N)ncnc54)c4[nH]c5ccc(C)cc5c4cc3c2c1. The van der Waals surface area contributed by atoms with Crippen LogP contribution in [0.4, 0.5) is 5.82 Å². The highest BCUT2D eigenvalue weighted by Gasteiger charge is 2.18.